The number of carbonyl (C=O) groups excluding carboxylic acids is 1. The summed E-state index contributed by atoms with van der Waals surface area (Å²) in [5.41, 5.74) is 0.931. The molecule has 0 radical (unpaired) electrons. The van der Waals surface area contributed by atoms with E-state index in [1.807, 2.05) is 18.2 Å². The number of nitrogens with one attached hydrogen (secondary N) is 1. The van der Waals surface area contributed by atoms with Crippen molar-refractivity contribution in [2.24, 2.45) is 5.41 Å². The predicted molar refractivity (Wildman–Crippen MR) is 86.4 cm³/mol. The van der Waals surface area contributed by atoms with E-state index in [0.717, 1.165) is 32.4 Å². The van der Waals surface area contributed by atoms with E-state index in [-0.39, 0.29) is 11.3 Å². The molecule has 2 saturated heterocycles. The van der Waals surface area contributed by atoms with Gasteiger partial charge in [-0.2, -0.15) is 0 Å². The smallest absolute Gasteiger partial charge is 0.234 e. The lowest BCUT2D eigenvalue weighted by atomic mass is 9.80. The number of piperidine rings is 1. The zero-order chi connectivity index (χ0) is 15.4. The minimum Gasteiger partial charge on any atom is -0.379 e. The van der Waals surface area contributed by atoms with Crippen molar-refractivity contribution in [3.8, 4) is 0 Å². The average Bonchev–Trinajstić information content (AvgIpc) is 2.54. The molecule has 1 aromatic rings. The molecule has 0 aliphatic carbocycles. The molecule has 1 amide bonds. The van der Waals surface area contributed by atoms with Gasteiger partial charge in [-0.05, 0) is 37.9 Å². The lowest BCUT2D eigenvalue weighted by molar-refractivity contribution is -0.176. The molecule has 2 heterocycles. The van der Waals surface area contributed by atoms with Crippen molar-refractivity contribution in [3.63, 3.8) is 0 Å². The molecule has 120 valence electrons. The van der Waals surface area contributed by atoms with Crippen LogP contribution in [-0.2, 0) is 16.1 Å². The molecule has 4 heteroatoms. The van der Waals surface area contributed by atoms with Crippen molar-refractivity contribution in [2.75, 3.05) is 26.3 Å². The summed E-state index contributed by atoms with van der Waals surface area (Å²) in [5.74, 6) is 0.289. The Morgan fingerprint density at radius 1 is 1.27 bits per heavy atom. The van der Waals surface area contributed by atoms with Gasteiger partial charge < -0.3 is 15.0 Å². The molecule has 1 aromatic carbocycles. The molecular formula is C18H26N2O2. The molecule has 1 N–H and O–H groups in total. The first-order valence-electron chi connectivity index (χ1n) is 8.39. The Kier molecular flexibility index (Phi) is 4.79. The van der Waals surface area contributed by atoms with Crippen molar-refractivity contribution in [1.29, 1.82) is 0 Å². The van der Waals surface area contributed by atoms with Gasteiger partial charge in [0.15, 0.2) is 0 Å². The van der Waals surface area contributed by atoms with E-state index in [4.69, 9.17) is 4.74 Å². The molecule has 0 bridgehead atoms. The van der Waals surface area contributed by atoms with Gasteiger partial charge in [-0.15, -0.1) is 0 Å². The number of rotatable bonds is 5. The number of ether oxygens (including phenoxy) is 1. The summed E-state index contributed by atoms with van der Waals surface area (Å²) < 4.78 is 5.38. The van der Waals surface area contributed by atoms with Gasteiger partial charge in [-0.25, -0.2) is 0 Å². The maximum Gasteiger partial charge on any atom is 0.234 e. The fourth-order valence-corrected chi connectivity index (χ4v) is 3.40. The van der Waals surface area contributed by atoms with Gasteiger partial charge in [-0.1, -0.05) is 37.3 Å². The molecule has 0 aromatic heterocycles. The molecule has 2 aliphatic rings. The average molecular weight is 302 g/mol. The second-order valence-corrected chi connectivity index (χ2v) is 6.53. The fourth-order valence-electron chi connectivity index (χ4n) is 3.40. The Hall–Kier alpha value is -1.39. The van der Waals surface area contributed by atoms with Crippen molar-refractivity contribution in [2.45, 2.75) is 38.8 Å². The molecular weight excluding hydrogens is 276 g/mol. The normalized spacial score (nSPS) is 21.1. The summed E-state index contributed by atoms with van der Waals surface area (Å²) in [7, 11) is 0. The van der Waals surface area contributed by atoms with Crippen LogP contribution in [0, 0.1) is 5.41 Å². The van der Waals surface area contributed by atoms with Crippen LogP contribution in [-0.4, -0.2) is 43.2 Å². The van der Waals surface area contributed by atoms with Crippen molar-refractivity contribution < 1.29 is 9.53 Å². The number of hydrogen-bond acceptors (Lipinski definition) is 3. The number of hydrogen-bond donors (Lipinski definition) is 1. The standard InChI is InChI=1S/C18H26N2O2/c1-2-18(13-22-14-18)17(21)20(16-8-10-19-11-9-16)12-15-6-4-3-5-7-15/h3-7,16,19H,2,8-14H2,1H3. The Morgan fingerprint density at radius 2 is 1.95 bits per heavy atom. The minimum atomic E-state index is -0.278. The Morgan fingerprint density at radius 3 is 2.50 bits per heavy atom. The summed E-state index contributed by atoms with van der Waals surface area (Å²) in [4.78, 5) is 15.3. The van der Waals surface area contributed by atoms with Gasteiger partial charge in [0.05, 0.1) is 18.6 Å². The SMILES string of the molecule is CCC1(C(=O)N(Cc2ccccc2)C2CCNCC2)COC1. The van der Waals surface area contributed by atoms with Crippen LogP contribution in [0.3, 0.4) is 0 Å². The van der Waals surface area contributed by atoms with Gasteiger partial charge in [0.1, 0.15) is 0 Å². The number of carbonyl (C=O) groups is 1. The highest BCUT2D eigenvalue weighted by Crippen LogP contribution is 2.35. The molecule has 3 rings (SSSR count). The van der Waals surface area contributed by atoms with Crippen LogP contribution < -0.4 is 5.32 Å². The first kappa shape index (κ1) is 15.5. The molecule has 0 atom stereocenters. The Balaban J connectivity index is 1.80. The zero-order valence-corrected chi connectivity index (χ0v) is 13.4. The summed E-state index contributed by atoms with van der Waals surface area (Å²) in [6.07, 6.45) is 2.94. The van der Waals surface area contributed by atoms with Gasteiger partial charge in [0.2, 0.25) is 5.91 Å². The molecule has 0 saturated carbocycles. The largest absolute Gasteiger partial charge is 0.379 e. The highest BCUT2D eigenvalue weighted by Gasteiger charge is 2.47. The van der Waals surface area contributed by atoms with E-state index in [0.29, 0.717) is 25.8 Å². The lowest BCUT2D eigenvalue weighted by Gasteiger charge is -2.45. The third kappa shape index (κ3) is 3.03. The highest BCUT2D eigenvalue weighted by molar-refractivity contribution is 5.84. The van der Waals surface area contributed by atoms with Gasteiger partial charge in [-0.3, -0.25) is 4.79 Å². The van der Waals surface area contributed by atoms with Crippen molar-refractivity contribution in [3.05, 3.63) is 35.9 Å². The first-order chi connectivity index (χ1) is 10.7. The minimum absolute atomic E-state index is 0.278. The van der Waals surface area contributed by atoms with Crippen LogP contribution in [0.25, 0.3) is 0 Å². The fraction of sp³-hybridized carbons (Fsp3) is 0.611. The topological polar surface area (TPSA) is 41.6 Å². The molecule has 0 spiro atoms. The number of amides is 1. The number of nitrogens with zero attached hydrogens (tertiary/aromatic N) is 1. The predicted octanol–water partition coefficient (Wildman–Crippen LogP) is 2.19. The van der Waals surface area contributed by atoms with Crippen LogP contribution in [0.5, 0.6) is 0 Å². The first-order valence-corrected chi connectivity index (χ1v) is 8.39. The van der Waals surface area contributed by atoms with Crippen LogP contribution >= 0.6 is 0 Å². The van der Waals surface area contributed by atoms with Crippen LogP contribution in [0.1, 0.15) is 31.7 Å². The monoisotopic (exact) mass is 302 g/mol. The third-order valence-corrected chi connectivity index (χ3v) is 5.09. The maximum absolute atomic E-state index is 13.2. The van der Waals surface area contributed by atoms with Gasteiger partial charge in [0.25, 0.3) is 0 Å². The Bertz CT molecular complexity index is 488. The summed E-state index contributed by atoms with van der Waals surface area (Å²) in [6.45, 7) is 5.98. The van der Waals surface area contributed by atoms with Crippen LogP contribution in [0.4, 0.5) is 0 Å². The molecule has 2 fully saturated rings. The van der Waals surface area contributed by atoms with E-state index in [1.165, 1.54) is 5.56 Å². The summed E-state index contributed by atoms with van der Waals surface area (Å²) in [5, 5.41) is 3.39. The molecule has 4 nitrogen and oxygen atoms in total. The zero-order valence-electron chi connectivity index (χ0n) is 13.4. The second kappa shape index (κ2) is 6.80. The van der Waals surface area contributed by atoms with Crippen LogP contribution in [0.2, 0.25) is 0 Å². The lowest BCUT2D eigenvalue weighted by Crippen LogP contribution is -2.58. The molecule has 2 aliphatic heterocycles. The van der Waals surface area contributed by atoms with E-state index < -0.39 is 0 Å². The van der Waals surface area contributed by atoms with E-state index in [9.17, 15) is 4.79 Å². The molecule has 22 heavy (non-hydrogen) atoms. The van der Waals surface area contributed by atoms with Crippen molar-refractivity contribution in [1.82, 2.24) is 10.2 Å². The van der Waals surface area contributed by atoms with Gasteiger partial charge in [0, 0.05) is 12.6 Å². The number of benzene rings is 1. The molecule has 0 unspecified atom stereocenters. The van der Waals surface area contributed by atoms with Crippen LogP contribution in [0.15, 0.2) is 30.3 Å². The van der Waals surface area contributed by atoms with Crippen molar-refractivity contribution >= 4 is 5.91 Å². The third-order valence-electron chi connectivity index (χ3n) is 5.09. The quantitative estimate of drug-likeness (QED) is 0.906. The summed E-state index contributed by atoms with van der Waals surface area (Å²) >= 11 is 0. The van der Waals surface area contributed by atoms with E-state index in [1.54, 1.807) is 0 Å². The van der Waals surface area contributed by atoms with Gasteiger partial charge >= 0.3 is 0 Å². The van der Waals surface area contributed by atoms with E-state index >= 15 is 0 Å². The maximum atomic E-state index is 13.2. The second-order valence-electron chi connectivity index (χ2n) is 6.53. The summed E-state index contributed by atoms with van der Waals surface area (Å²) in [6, 6.07) is 10.7. The Labute approximate surface area is 132 Å². The highest BCUT2D eigenvalue weighted by atomic mass is 16.5. The van der Waals surface area contributed by atoms with E-state index in [2.05, 4.69) is 29.3 Å².